The van der Waals surface area contributed by atoms with Crippen LogP contribution in [0.4, 0.5) is 5.88 Å². The Labute approximate surface area is 142 Å². The molecule has 130 valence electrons. The highest BCUT2D eigenvalue weighted by Gasteiger charge is 2.09. The summed E-state index contributed by atoms with van der Waals surface area (Å²) in [6, 6.07) is 7.00. The summed E-state index contributed by atoms with van der Waals surface area (Å²) in [5.41, 5.74) is 1.15. The predicted molar refractivity (Wildman–Crippen MR) is 91.9 cm³/mol. The maximum atomic E-state index is 11.1. The van der Waals surface area contributed by atoms with Crippen LogP contribution in [0.3, 0.4) is 0 Å². The molecule has 0 radical (unpaired) electrons. The van der Waals surface area contributed by atoms with Gasteiger partial charge in [-0.2, -0.15) is 0 Å². The van der Waals surface area contributed by atoms with Crippen LogP contribution in [0, 0.1) is 0 Å². The molecule has 0 fully saturated rings. The van der Waals surface area contributed by atoms with Crippen LogP contribution >= 0.6 is 0 Å². The highest BCUT2D eigenvalue weighted by Crippen LogP contribution is 2.19. The number of anilines is 1. The van der Waals surface area contributed by atoms with Gasteiger partial charge < -0.3 is 19.3 Å². The first-order chi connectivity index (χ1) is 11.6. The molecule has 0 aliphatic heterocycles. The number of carboxylic acid groups (broad SMARTS) is 1. The second-order valence-electron chi connectivity index (χ2n) is 5.66. The van der Waals surface area contributed by atoms with Crippen LogP contribution < -0.4 is 9.64 Å². The number of nitrogens with zero attached hydrogens (tertiary/aromatic N) is 2. The second-order valence-corrected chi connectivity index (χ2v) is 5.66. The molecule has 0 atom stereocenters. The Morgan fingerprint density at radius 3 is 2.79 bits per heavy atom. The molecule has 2 rings (SSSR count). The molecule has 0 saturated heterocycles. The molecule has 6 heteroatoms. The van der Waals surface area contributed by atoms with Gasteiger partial charge in [0.25, 0.3) is 0 Å². The van der Waals surface area contributed by atoms with Crippen molar-refractivity contribution in [3.05, 3.63) is 41.6 Å². The maximum Gasteiger partial charge on any atom is 0.335 e. The maximum absolute atomic E-state index is 11.1. The number of unbranched alkanes of at least 4 members (excludes halogenated alkanes) is 2. The van der Waals surface area contributed by atoms with Crippen LogP contribution in [0.5, 0.6) is 5.75 Å². The number of carbonyl (C=O) groups is 1. The molecular weight excluding hydrogens is 308 g/mol. The van der Waals surface area contributed by atoms with Gasteiger partial charge in [-0.3, -0.25) is 0 Å². The summed E-state index contributed by atoms with van der Waals surface area (Å²) in [5.74, 6) is 0.613. The lowest BCUT2D eigenvalue weighted by Gasteiger charge is -2.14. The van der Waals surface area contributed by atoms with Gasteiger partial charge in [0, 0.05) is 19.7 Å². The van der Waals surface area contributed by atoms with Crippen molar-refractivity contribution in [3.8, 4) is 5.75 Å². The average Bonchev–Trinajstić information content (AvgIpc) is 3.12. The molecule has 24 heavy (non-hydrogen) atoms. The molecule has 1 N–H and O–H groups in total. The number of carboxylic acids is 1. The molecule has 6 nitrogen and oxygen atoms in total. The molecule has 0 saturated carbocycles. The van der Waals surface area contributed by atoms with Crippen molar-refractivity contribution >= 4 is 11.9 Å². The van der Waals surface area contributed by atoms with Gasteiger partial charge in [0.05, 0.1) is 18.4 Å². The number of rotatable bonds is 10. The quantitative estimate of drug-likeness (QED) is 0.670. The van der Waals surface area contributed by atoms with Crippen LogP contribution in [0.1, 0.15) is 42.1 Å². The van der Waals surface area contributed by atoms with E-state index < -0.39 is 5.97 Å². The zero-order valence-corrected chi connectivity index (χ0v) is 14.2. The first-order valence-corrected chi connectivity index (χ1v) is 8.22. The van der Waals surface area contributed by atoms with Crippen molar-refractivity contribution in [1.29, 1.82) is 0 Å². The molecule has 1 aromatic heterocycles. The summed E-state index contributed by atoms with van der Waals surface area (Å²) in [5, 5.41) is 12.8. The normalized spacial score (nSPS) is 10.6. The Morgan fingerprint density at radius 1 is 1.29 bits per heavy atom. The highest BCUT2D eigenvalue weighted by atomic mass is 16.5. The Morgan fingerprint density at radius 2 is 2.12 bits per heavy atom. The summed E-state index contributed by atoms with van der Waals surface area (Å²) in [7, 11) is 1.98. The lowest BCUT2D eigenvalue weighted by Crippen LogP contribution is -2.17. The summed E-state index contributed by atoms with van der Waals surface area (Å²) < 4.78 is 10.8. The largest absolute Gasteiger partial charge is 0.494 e. The lowest BCUT2D eigenvalue weighted by molar-refractivity contribution is 0.0695. The van der Waals surface area contributed by atoms with Crippen molar-refractivity contribution < 1.29 is 19.2 Å². The van der Waals surface area contributed by atoms with Gasteiger partial charge in [-0.1, -0.05) is 12.1 Å². The fourth-order valence-corrected chi connectivity index (χ4v) is 2.50. The number of hydrogen-bond donors (Lipinski definition) is 1. The Hall–Kier alpha value is -2.50. The van der Waals surface area contributed by atoms with Crippen molar-refractivity contribution in [3.63, 3.8) is 0 Å². The van der Waals surface area contributed by atoms with Gasteiger partial charge in [-0.15, -0.1) is 0 Å². The Bertz CT molecular complexity index is 640. The van der Waals surface area contributed by atoms with E-state index in [-0.39, 0.29) is 0 Å². The third kappa shape index (κ3) is 5.01. The van der Waals surface area contributed by atoms with E-state index in [1.165, 1.54) is 0 Å². The summed E-state index contributed by atoms with van der Waals surface area (Å²) in [4.78, 5) is 13.1. The Balaban J connectivity index is 1.68. The molecule has 0 spiro atoms. The van der Waals surface area contributed by atoms with Gasteiger partial charge in [-0.25, -0.2) is 4.79 Å². The number of ether oxygens (including phenoxy) is 1. The van der Waals surface area contributed by atoms with Crippen LogP contribution in [0.15, 0.2) is 35.0 Å². The highest BCUT2D eigenvalue weighted by molar-refractivity contribution is 5.89. The van der Waals surface area contributed by atoms with E-state index in [1.54, 1.807) is 18.3 Å². The van der Waals surface area contributed by atoms with E-state index >= 15 is 0 Å². The summed E-state index contributed by atoms with van der Waals surface area (Å²) >= 11 is 0. The van der Waals surface area contributed by atoms with E-state index in [0.717, 1.165) is 43.0 Å². The molecule has 0 amide bonds. The van der Waals surface area contributed by atoms with E-state index in [9.17, 15) is 4.79 Å². The van der Waals surface area contributed by atoms with Gasteiger partial charge >= 0.3 is 5.97 Å². The van der Waals surface area contributed by atoms with E-state index in [2.05, 4.69) is 5.16 Å². The number of aromatic nitrogens is 1. The zero-order valence-electron chi connectivity index (χ0n) is 14.2. The standard InChI is InChI=1S/C18H24N2O4/c1-3-14-13-15(7-8-16(14)18(21)22)23-12-6-4-5-11-20(2)17-9-10-19-24-17/h7-10,13H,3-6,11-12H2,1-2H3,(H,21,22). The van der Waals surface area contributed by atoms with Crippen LogP contribution in [-0.4, -0.2) is 36.4 Å². The molecular formula is C18H24N2O4. The third-order valence-electron chi connectivity index (χ3n) is 3.90. The minimum atomic E-state index is -0.894. The van der Waals surface area contributed by atoms with Gasteiger partial charge in [0.1, 0.15) is 5.75 Å². The summed E-state index contributed by atoms with van der Waals surface area (Å²) in [6.07, 6.45) is 5.35. The van der Waals surface area contributed by atoms with Gasteiger partial charge in [-0.05, 0) is 49.4 Å². The van der Waals surface area contributed by atoms with Gasteiger partial charge in [0.15, 0.2) is 0 Å². The molecule has 2 aromatic rings. The number of benzene rings is 1. The molecule has 0 bridgehead atoms. The first-order valence-electron chi connectivity index (χ1n) is 8.22. The van der Waals surface area contributed by atoms with Crippen molar-refractivity contribution in [2.45, 2.75) is 32.6 Å². The van der Waals surface area contributed by atoms with E-state index in [1.807, 2.05) is 31.0 Å². The fourth-order valence-electron chi connectivity index (χ4n) is 2.50. The molecule has 0 aliphatic carbocycles. The fraction of sp³-hybridized carbons (Fsp3) is 0.444. The average molecular weight is 332 g/mol. The SMILES string of the molecule is CCc1cc(OCCCCCN(C)c2ccno2)ccc1C(=O)O. The Kier molecular flexibility index (Phi) is 6.66. The van der Waals surface area contributed by atoms with Crippen molar-refractivity contribution in [1.82, 2.24) is 5.16 Å². The zero-order chi connectivity index (χ0) is 17.4. The second kappa shape index (κ2) is 8.96. The van der Waals surface area contributed by atoms with Gasteiger partial charge in [0.2, 0.25) is 5.88 Å². The van der Waals surface area contributed by atoms with Crippen LogP contribution in [-0.2, 0) is 6.42 Å². The summed E-state index contributed by atoms with van der Waals surface area (Å²) in [6.45, 7) is 3.47. The molecule has 1 heterocycles. The molecule has 0 aliphatic rings. The topological polar surface area (TPSA) is 75.8 Å². The van der Waals surface area contributed by atoms with Crippen molar-refractivity contribution in [2.75, 3.05) is 25.1 Å². The molecule has 0 unspecified atom stereocenters. The van der Waals surface area contributed by atoms with Crippen molar-refractivity contribution in [2.24, 2.45) is 0 Å². The minimum Gasteiger partial charge on any atom is -0.494 e. The predicted octanol–water partition coefficient (Wildman–Crippen LogP) is 3.62. The monoisotopic (exact) mass is 332 g/mol. The minimum absolute atomic E-state index is 0.348. The first kappa shape index (κ1) is 17.8. The van der Waals surface area contributed by atoms with E-state index in [4.69, 9.17) is 14.4 Å². The smallest absolute Gasteiger partial charge is 0.335 e. The molecule has 1 aromatic carbocycles. The van der Waals surface area contributed by atoms with E-state index in [0.29, 0.717) is 18.6 Å². The van der Waals surface area contributed by atoms with Crippen LogP contribution in [0.25, 0.3) is 0 Å². The number of hydrogen-bond acceptors (Lipinski definition) is 5. The number of aromatic carboxylic acids is 1. The third-order valence-corrected chi connectivity index (χ3v) is 3.90. The lowest BCUT2D eigenvalue weighted by atomic mass is 10.1. The number of aryl methyl sites for hydroxylation is 1. The van der Waals surface area contributed by atoms with Crippen LogP contribution in [0.2, 0.25) is 0 Å².